The second-order valence-electron chi connectivity index (χ2n) is 7.38. The second kappa shape index (κ2) is 9.59. The van der Waals surface area contributed by atoms with Crippen LogP contribution >= 0.6 is 23.2 Å². The highest BCUT2D eigenvalue weighted by Crippen LogP contribution is 2.34. The van der Waals surface area contributed by atoms with Gasteiger partial charge < -0.3 is 15.4 Å². The highest BCUT2D eigenvalue weighted by molar-refractivity contribution is 6.53. The first kappa shape index (κ1) is 23.4. The average Bonchev–Trinajstić information content (AvgIpc) is 3.04. The van der Waals surface area contributed by atoms with Gasteiger partial charge in [0, 0.05) is 16.3 Å². The molecule has 0 aliphatic carbocycles. The van der Waals surface area contributed by atoms with Crippen LogP contribution in [0.4, 0.5) is 17.1 Å². The van der Waals surface area contributed by atoms with Gasteiger partial charge in [0.15, 0.2) is 0 Å². The average molecular weight is 496 g/mol. The Hall–Kier alpha value is -3.81. The van der Waals surface area contributed by atoms with E-state index in [9.17, 15) is 14.4 Å². The molecule has 1 heterocycles. The number of anilines is 3. The Balaban J connectivity index is 1.51. The standard InChI is InChI=1S/C25H19Cl2N3O4/c1-14-17(26)6-5-8-19(14)30-24(32)21(27)22(25(30)33)28-16-12-10-15(11-13-16)23(31)29-18-7-3-4-9-20(18)34-2/h3-13,28H,1-2H3,(H,29,31). The third-order valence-electron chi connectivity index (χ3n) is 5.28. The van der Waals surface area contributed by atoms with Gasteiger partial charge in [-0.1, -0.05) is 41.4 Å². The molecular formula is C25H19Cl2N3O4. The van der Waals surface area contributed by atoms with Gasteiger partial charge in [-0.15, -0.1) is 0 Å². The molecule has 0 saturated heterocycles. The molecule has 0 saturated carbocycles. The predicted octanol–water partition coefficient (Wildman–Crippen LogP) is 5.35. The van der Waals surface area contributed by atoms with Gasteiger partial charge >= 0.3 is 0 Å². The largest absolute Gasteiger partial charge is 0.495 e. The summed E-state index contributed by atoms with van der Waals surface area (Å²) in [6, 6.07) is 18.4. The van der Waals surface area contributed by atoms with Gasteiger partial charge in [-0.05, 0) is 61.0 Å². The molecule has 0 atom stereocenters. The van der Waals surface area contributed by atoms with E-state index < -0.39 is 11.8 Å². The Morgan fingerprint density at radius 1 is 0.912 bits per heavy atom. The number of amides is 3. The lowest BCUT2D eigenvalue weighted by molar-refractivity contribution is -0.120. The van der Waals surface area contributed by atoms with Crippen molar-refractivity contribution < 1.29 is 19.1 Å². The van der Waals surface area contributed by atoms with Crippen molar-refractivity contribution in [1.82, 2.24) is 0 Å². The van der Waals surface area contributed by atoms with Crippen LogP contribution in [0.2, 0.25) is 5.02 Å². The number of methoxy groups -OCH3 is 1. The zero-order valence-electron chi connectivity index (χ0n) is 18.2. The second-order valence-corrected chi connectivity index (χ2v) is 8.16. The molecule has 3 amide bonds. The summed E-state index contributed by atoms with van der Waals surface area (Å²) in [7, 11) is 1.52. The van der Waals surface area contributed by atoms with Crippen LogP contribution in [0.1, 0.15) is 15.9 Å². The molecule has 0 spiro atoms. The normalized spacial score (nSPS) is 13.4. The van der Waals surface area contributed by atoms with Crippen molar-refractivity contribution in [3.63, 3.8) is 0 Å². The van der Waals surface area contributed by atoms with E-state index in [1.165, 1.54) is 7.11 Å². The molecule has 3 aromatic carbocycles. The molecule has 3 aromatic rings. The summed E-state index contributed by atoms with van der Waals surface area (Å²) in [5.41, 5.74) is 2.30. The molecule has 1 aliphatic rings. The fraction of sp³-hybridized carbons (Fsp3) is 0.0800. The number of benzene rings is 3. The number of nitrogens with one attached hydrogen (secondary N) is 2. The number of hydrogen-bond donors (Lipinski definition) is 2. The number of carbonyl (C=O) groups is 3. The number of imide groups is 1. The minimum absolute atomic E-state index is 0.0581. The Kier molecular flexibility index (Phi) is 6.58. The SMILES string of the molecule is COc1ccccc1NC(=O)c1ccc(NC2=C(Cl)C(=O)N(c3cccc(Cl)c3C)C2=O)cc1. The van der Waals surface area contributed by atoms with E-state index >= 15 is 0 Å². The molecular weight excluding hydrogens is 477 g/mol. The van der Waals surface area contributed by atoms with Crippen LogP contribution in [-0.2, 0) is 9.59 Å². The van der Waals surface area contributed by atoms with E-state index in [0.29, 0.717) is 39.0 Å². The fourth-order valence-corrected chi connectivity index (χ4v) is 3.84. The van der Waals surface area contributed by atoms with E-state index in [2.05, 4.69) is 10.6 Å². The number of carbonyl (C=O) groups excluding carboxylic acids is 3. The molecule has 7 nitrogen and oxygen atoms in total. The predicted molar refractivity (Wildman–Crippen MR) is 133 cm³/mol. The highest BCUT2D eigenvalue weighted by atomic mass is 35.5. The first-order chi connectivity index (χ1) is 16.3. The van der Waals surface area contributed by atoms with Gasteiger partial charge in [0.25, 0.3) is 17.7 Å². The highest BCUT2D eigenvalue weighted by Gasteiger charge is 2.39. The van der Waals surface area contributed by atoms with Gasteiger partial charge in [-0.2, -0.15) is 0 Å². The summed E-state index contributed by atoms with van der Waals surface area (Å²) in [4.78, 5) is 39.3. The van der Waals surface area contributed by atoms with E-state index in [-0.39, 0.29) is 16.6 Å². The van der Waals surface area contributed by atoms with Gasteiger partial charge in [-0.3, -0.25) is 14.4 Å². The lowest BCUT2D eigenvalue weighted by atomic mass is 10.1. The molecule has 9 heteroatoms. The summed E-state index contributed by atoms with van der Waals surface area (Å²) in [5, 5.41) is 5.88. The van der Waals surface area contributed by atoms with Crippen LogP contribution in [0.15, 0.2) is 77.5 Å². The lowest BCUT2D eigenvalue weighted by Crippen LogP contribution is -2.32. The molecule has 34 heavy (non-hydrogen) atoms. The third-order valence-corrected chi connectivity index (χ3v) is 6.04. The van der Waals surface area contributed by atoms with Crippen LogP contribution in [0.5, 0.6) is 5.75 Å². The van der Waals surface area contributed by atoms with Gasteiger partial charge in [0.2, 0.25) is 0 Å². The molecule has 172 valence electrons. The van der Waals surface area contributed by atoms with Crippen molar-refractivity contribution in [3.8, 4) is 5.75 Å². The molecule has 1 aliphatic heterocycles. The number of halogens is 2. The third kappa shape index (κ3) is 4.35. The number of rotatable bonds is 6. The van der Waals surface area contributed by atoms with E-state index in [4.69, 9.17) is 27.9 Å². The maximum absolute atomic E-state index is 13.0. The Morgan fingerprint density at radius 3 is 2.32 bits per heavy atom. The number of nitrogens with zero attached hydrogens (tertiary/aromatic N) is 1. The minimum Gasteiger partial charge on any atom is -0.495 e. The zero-order chi connectivity index (χ0) is 24.4. The van der Waals surface area contributed by atoms with Crippen LogP contribution in [0.25, 0.3) is 0 Å². The van der Waals surface area contributed by atoms with Gasteiger partial charge in [0.1, 0.15) is 16.5 Å². The monoisotopic (exact) mass is 495 g/mol. The van der Waals surface area contributed by atoms with Crippen LogP contribution < -0.4 is 20.3 Å². The van der Waals surface area contributed by atoms with Crippen molar-refractivity contribution in [2.45, 2.75) is 6.92 Å². The molecule has 4 rings (SSSR count). The molecule has 0 radical (unpaired) electrons. The van der Waals surface area contributed by atoms with Gasteiger partial charge in [-0.25, -0.2) is 4.90 Å². The van der Waals surface area contributed by atoms with Crippen molar-refractivity contribution >= 4 is 58.0 Å². The summed E-state index contributed by atoms with van der Waals surface area (Å²) < 4.78 is 5.25. The number of ether oxygens (including phenoxy) is 1. The van der Waals surface area contributed by atoms with Gasteiger partial charge in [0.05, 0.1) is 18.5 Å². The molecule has 0 bridgehead atoms. The Bertz CT molecular complexity index is 1340. The first-order valence-corrected chi connectivity index (χ1v) is 10.9. The van der Waals surface area contributed by atoms with Crippen molar-refractivity contribution in [2.75, 3.05) is 22.6 Å². The molecule has 2 N–H and O–H groups in total. The molecule has 0 unspecified atom stereocenters. The van der Waals surface area contributed by atoms with Crippen LogP contribution in [-0.4, -0.2) is 24.8 Å². The van der Waals surface area contributed by atoms with Crippen LogP contribution in [0, 0.1) is 6.92 Å². The quantitative estimate of drug-likeness (QED) is 0.450. The Labute approximate surface area is 205 Å². The van der Waals surface area contributed by atoms with E-state index in [1.807, 2.05) is 0 Å². The van der Waals surface area contributed by atoms with Crippen molar-refractivity contribution in [3.05, 3.63) is 93.6 Å². The zero-order valence-corrected chi connectivity index (χ0v) is 19.7. The fourth-order valence-electron chi connectivity index (χ4n) is 3.46. The summed E-state index contributed by atoms with van der Waals surface area (Å²) >= 11 is 12.4. The summed E-state index contributed by atoms with van der Waals surface area (Å²) in [6.07, 6.45) is 0. The Morgan fingerprint density at radius 2 is 1.62 bits per heavy atom. The van der Waals surface area contributed by atoms with E-state index in [1.54, 1.807) is 73.7 Å². The molecule has 0 fully saturated rings. The first-order valence-electron chi connectivity index (χ1n) is 10.2. The maximum atomic E-state index is 13.0. The van der Waals surface area contributed by atoms with Crippen molar-refractivity contribution in [2.24, 2.45) is 0 Å². The maximum Gasteiger partial charge on any atom is 0.283 e. The summed E-state index contributed by atoms with van der Waals surface area (Å²) in [6.45, 7) is 1.71. The lowest BCUT2D eigenvalue weighted by Gasteiger charge is -2.18. The number of para-hydroxylation sites is 2. The molecule has 0 aromatic heterocycles. The smallest absolute Gasteiger partial charge is 0.283 e. The summed E-state index contributed by atoms with van der Waals surface area (Å²) in [5.74, 6) is -1.03. The topological polar surface area (TPSA) is 87.7 Å². The van der Waals surface area contributed by atoms with Crippen LogP contribution in [0.3, 0.4) is 0 Å². The number of hydrogen-bond acceptors (Lipinski definition) is 5. The minimum atomic E-state index is -0.646. The van der Waals surface area contributed by atoms with E-state index in [0.717, 1.165) is 4.90 Å². The van der Waals surface area contributed by atoms with Crippen molar-refractivity contribution in [1.29, 1.82) is 0 Å².